The predicted octanol–water partition coefficient (Wildman–Crippen LogP) is 6.88. The Labute approximate surface area is 238 Å². The Hall–Kier alpha value is -3.41. The van der Waals surface area contributed by atoms with Gasteiger partial charge in [0, 0.05) is 29.6 Å². The Bertz CT molecular complexity index is 1460. The van der Waals surface area contributed by atoms with Crippen molar-refractivity contribution in [2.45, 2.75) is 32.8 Å². The molecule has 0 unspecified atom stereocenters. The summed E-state index contributed by atoms with van der Waals surface area (Å²) in [6, 6.07) is 11.4. The Morgan fingerprint density at radius 1 is 1.05 bits per heavy atom. The minimum absolute atomic E-state index is 0.0157. The van der Waals surface area contributed by atoms with Gasteiger partial charge in [-0.15, -0.1) is 11.3 Å². The molecule has 202 valence electrons. The first-order valence-corrected chi connectivity index (χ1v) is 13.9. The molecule has 1 fully saturated rings. The number of ether oxygens (including phenoxy) is 1. The number of rotatable bonds is 7. The van der Waals surface area contributed by atoms with Crippen LogP contribution in [0, 0.1) is 11.6 Å². The first kappa shape index (κ1) is 28.6. The number of thiophene rings is 1. The number of halogens is 2. The zero-order valence-corrected chi connectivity index (χ0v) is 23.7. The molecule has 3 aromatic rings. The fourth-order valence-corrected chi connectivity index (χ4v) is 5.81. The van der Waals surface area contributed by atoms with E-state index in [1.54, 1.807) is 62.6 Å². The second kappa shape index (κ2) is 11.8. The Kier molecular flexibility index (Phi) is 8.63. The first-order chi connectivity index (χ1) is 18.4. The molecule has 1 N–H and O–H groups in total. The second-order valence-corrected chi connectivity index (χ2v) is 12.2. The average Bonchev–Trinajstić information content (AvgIpc) is 3.41. The highest BCUT2D eigenvalue weighted by Gasteiger charge is 2.32. The third-order valence-corrected chi connectivity index (χ3v) is 7.59. The van der Waals surface area contributed by atoms with Gasteiger partial charge in [0.05, 0.1) is 10.5 Å². The Morgan fingerprint density at radius 3 is 2.36 bits per heavy atom. The zero-order chi connectivity index (χ0) is 28.3. The van der Waals surface area contributed by atoms with Gasteiger partial charge in [0.2, 0.25) is 5.91 Å². The van der Waals surface area contributed by atoms with E-state index in [1.165, 1.54) is 28.4 Å². The predicted molar refractivity (Wildman–Crippen MR) is 154 cm³/mol. The third kappa shape index (κ3) is 7.59. The standard InChI is InChI=1S/C28H24F2N2O4S3/c1-28(2,3)36-26(35)16-4-6-21(7-5-16)31-24(33)8-9-32-25(34)23(39-27(32)37)14-22-12-18(15-38-22)17-10-19(29)13-20(30)11-17/h4-7,10-15H,8-9H2,1-3H3,(H,31,33). The lowest BCUT2D eigenvalue weighted by Gasteiger charge is -2.19. The van der Waals surface area contributed by atoms with Crippen LogP contribution >= 0.6 is 35.3 Å². The van der Waals surface area contributed by atoms with Crippen LogP contribution in [0.5, 0.6) is 0 Å². The van der Waals surface area contributed by atoms with Crippen molar-refractivity contribution >= 4 is 69.2 Å². The molecule has 4 rings (SSSR count). The van der Waals surface area contributed by atoms with E-state index in [0.29, 0.717) is 31.6 Å². The van der Waals surface area contributed by atoms with Crippen molar-refractivity contribution in [3.63, 3.8) is 0 Å². The fourth-order valence-electron chi connectivity index (χ4n) is 3.59. The van der Waals surface area contributed by atoms with Crippen molar-refractivity contribution in [1.82, 2.24) is 4.90 Å². The summed E-state index contributed by atoms with van der Waals surface area (Å²) in [7, 11) is 0. The number of amides is 2. The SMILES string of the molecule is CC(C)(C)OC(=O)c1ccc(NC(=O)CCN2C(=O)C(=Cc3cc(-c4cc(F)cc(F)c4)cs3)SC2=S)cc1. The number of nitrogens with one attached hydrogen (secondary N) is 1. The minimum Gasteiger partial charge on any atom is -0.456 e. The van der Waals surface area contributed by atoms with Gasteiger partial charge in [-0.1, -0.05) is 24.0 Å². The van der Waals surface area contributed by atoms with Crippen molar-refractivity contribution < 1.29 is 27.9 Å². The van der Waals surface area contributed by atoms with Crippen LogP contribution in [0.1, 0.15) is 42.4 Å². The van der Waals surface area contributed by atoms with Crippen molar-refractivity contribution in [3.05, 3.63) is 80.9 Å². The van der Waals surface area contributed by atoms with Crippen molar-refractivity contribution in [2.24, 2.45) is 0 Å². The lowest BCUT2D eigenvalue weighted by molar-refractivity contribution is -0.122. The van der Waals surface area contributed by atoms with E-state index in [1.807, 2.05) is 0 Å². The molecule has 1 aromatic heterocycles. The molecule has 2 amide bonds. The molecule has 6 nitrogen and oxygen atoms in total. The molecule has 1 aliphatic rings. The van der Waals surface area contributed by atoms with Gasteiger partial charge in [0.25, 0.3) is 5.91 Å². The minimum atomic E-state index is -0.666. The molecule has 0 bridgehead atoms. The van der Waals surface area contributed by atoms with Gasteiger partial charge in [0.15, 0.2) is 0 Å². The number of nitrogens with zero attached hydrogens (tertiary/aromatic N) is 1. The van der Waals surface area contributed by atoms with E-state index in [4.69, 9.17) is 17.0 Å². The second-order valence-electron chi connectivity index (χ2n) is 9.61. The molecule has 0 aliphatic carbocycles. The van der Waals surface area contributed by atoms with Gasteiger partial charge in [-0.25, -0.2) is 13.6 Å². The van der Waals surface area contributed by atoms with Gasteiger partial charge in [0.1, 0.15) is 21.6 Å². The maximum absolute atomic E-state index is 13.6. The van der Waals surface area contributed by atoms with Crippen LogP contribution in [0.25, 0.3) is 17.2 Å². The highest BCUT2D eigenvalue weighted by atomic mass is 32.2. The maximum Gasteiger partial charge on any atom is 0.338 e. The van der Waals surface area contributed by atoms with Gasteiger partial charge < -0.3 is 10.1 Å². The smallest absolute Gasteiger partial charge is 0.338 e. The summed E-state index contributed by atoms with van der Waals surface area (Å²) in [6.45, 7) is 5.44. The summed E-state index contributed by atoms with van der Waals surface area (Å²) in [5, 5.41) is 4.50. The first-order valence-electron chi connectivity index (χ1n) is 11.8. The lowest BCUT2D eigenvalue weighted by atomic mass is 10.1. The number of thiocarbonyl (C=S) groups is 1. The molecule has 0 radical (unpaired) electrons. The van der Waals surface area contributed by atoms with E-state index >= 15 is 0 Å². The molecule has 2 heterocycles. The highest BCUT2D eigenvalue weighted by molar-refractivity contribution is 8.26. The van der Waals surface area contributed by atoms with Crippen LogP contribution in [0.2, 0.25) is 0 Å². The molecular weight excluding hydrogens is 563 g/mol. The van der Waals surface area contributed by atoms with Crippen molar-refractivity contribution in [2.75, 3.05) is 11.9 Å². The van der Waals surface area contributed by atoms with Crippen LogP contribution < -0.4 is 5.32 Å². The lowest BCUT2D eigenvalue weighted by Crippen LogP contribution is -2.31. The number of esters is 1. The van der Waals surface area contributed by atoms with Crippen LogP contribution in [0.4, 0.5) is 14.5 Å². The van der Waals surface area contributed by atoms with Crippen LogP contribution in [0.3, 0.4) is 0 Å². The topological polar surface area (TPSA) is 75.7 Å². The maximum atomic E-state index is 13.6. The van der Waals surface area contributed by atoms with Crippen LogP contribution in [-0.2, 0) is 14.3 Å². The summed E-state index contributed by atoms with van der Waals surface area (Å²) >= 11 is 7.81. The summed E-state index contributed by atoms with van der Waals surface area (Å²) in [4.78, 5) is 40.1. The quantitative estimate of drug-likeness (QED) is 0.185. The molecule has 0 atom stereocenters. The Balaban J connectivity index is 1.33. The average molecular weight is 587 g/mol. The molecule has 1 saturated heterocycles. The number of benzene rings is 2. The van der Waals surface area contributed by atoms with Gasteiger partial charge in [-0.2, -0.15) is 0 Å². The van der Waals surface area contributed by atoms with E-state index < -0.39 is 23.2 Å². The summed E-state index contributed by atoms with van der Waals surface area (Å²) in [5.74, 6) is -2.42. The largest absolute Gasteiger partial charge is 0.456 e. The van der Waals surface area contributed by atoms with Gasteiger partial charge >= 0.3 is 5.97 Å². The monoisotopic (exact) mass is 586 g/mol. The molecule has 39 heavy (non-hydrogen) atoms. The Morgan fingerprint density at radius 2 is 1.72 bits per heavy atom. The van der Waals surface area contributed by atoms with Crippen LogP contribution in [0.15, 0.2) is 58.8 Å². The number of anilines is 1. The van der Waals surface area contributed by atoms with E-state index in [-0.39, 0.29) is 24.8 Å². The number of carbonyl (C=O) groups is 3. The number of hydrogen-bond donors (Lipinski definition) is 1. The molecular formula is C28H24F2N2O4S3. The normalized spacial score (nSPS) is 14.7. The molecule has 2 aromatic carbocycles. The molecule has 11 heteroatoms. The summed E-state index contributed by atoms with van der Waals surface area (Å²) in [6.07, 6.45) is 1.69. The van der Waals surface area contributed by atoms with E-state index in [2.05, 4.69) is 5.32 Å². The van der Waals surface area contributed by atoms with E-state index in [0.717, 1.165) is 22.7 Å². The third-order valence-electron chi connectivity index (χ3n) is 5.33. The molecule has 0 saturated carbocycles. The number of hydrogen-bond acceptors (Lipinski definition) is 7. The summed E-state index contributed by atoms with van der Waals surface area (Å²) in [5.41, 5.74) is 1.30. The zero-order valence-electron chi connectivity index (χ0n) is 21.2. The van der Waals surface area contributed by atoms with Crippen LogP contribution in [-0.4, -0.2) is 39.1 Å². The van der Waals surface area contributed by atoms with Gasteiger partial charge in [-0.05, 0) is 85.8 Å². The number of carbonyl (C=O) groups excluding carboxylic acids is 3. The van der Waals surface area contributed by atoms with Crippen molar-refractivity contribution in [3.8, 4) is 11.1 Å². The van der Waals surface area contributed by atoms with Crippen molar-refractivity contribution in [1.29, 1.82) is 0 Å². The molecule has 0 spiro atoms. The van der Waals surface area contributed by atoms with E-state index in [9.17, 15) is 23.2 Å². The highest BCUT2D eigenvalue weighted by Crippen LogP contribution is 2.35. The fraction of sp³-hybridized carbons (Fsp3) is 0.214. The molecule has 1 aliphatic heterocycles. The van der Waals surface area contributed by atoms with Gasteiger partial charge in [-0.3, -0.25) is 14.5 Å². The summed E-state index contributed by atoms with van der Waals surface area (Å²) < 4.78 is 32.8. The number of thioether (sulfide) groups is 1.